The molecule has 4 heteroatoms. The molecule has 0 saturated heterocycles. The number of amides is 1. The Morgan fingerprint density at radius 1 is 1.44 bits per heavy atom. The molecule has 1 fully saturated rings. The lowest BCUT2D eigenvalue weighted by Gasteiger charge is -2.38. The van der Waals surface area contributed by atoms with Crippen molar-refractivity contribution in [3.05, 3.63) is 28.7 Å². The molecule has 0 aromatic heterocycles. The van der Waals surface area contributed by atoms with E-state index in [9.17, 15) is 4.79 Å². The number of benzene rings is 1. The molecule has 1 aliphatic rings. The van der Waals surface area contributed by atoms with Crippen LogP contribution in [0.5, 0.6) is 0 Å². The van der Waals surface area contributed by atoms with Gasteiger partial charge in [-0.3, -0.25) is 4.79 Å². The number of rotatable bonds is 3. The highest BCUT2D eigenvalue weighted by atomic mass is 79.9. The lowest BCUT2D eigenvalue weighted by atomic mass is 9.75. The van der Waals surface area contributed by atoms with Crippen LogP contribution in [0.3, 0.4) is 0 Å². The maximum Gasteiger partial charge on any atom is 0.243 e. The van der Waals surface area contributed by atoms with E-state index in [2.05, 4.69) is 28.2 Å². The Hall–Kier alpha value is -1.03. The fourth-order valence-corrected chi connectivity index (χ4v) is 3.02. The van der Waals surface area contributed by atoms with Gasteiger partial charge in [0.2, 0.25) is 5.91 Å². The van der Waals surface area contributed by atoms with Crippen LogP contribution in [-0.4, -0.2) is 11.4 Å². The maximum absolute atomic E-state index is 11.8. The number of primary amides is 1. The van der Waals surface area contributed by atoms with Gasteiger partial charge in [-0.1, -0.05) is 35.7 Å². The molecule has 98 valence electrons. The normalized spacial score (nSPS) is 27.8. The van der Waals surface area contributed by atoms with Gasteiger partial charge in [-0.25, -0.2) is 0 Å². The summed E-state index contributed by atoms with van der Waals surface area (Å²) in [5, 5.41) is 3.36. The number of halogens is 1. The number of anilines is 1. The summed E-state index contributed by atoms with van der Waals surface area (Å²) >= 11 is 3.40. The van der Waals surface area contributed by atoms with E-state index in [1.807, 2.05) is 24.3 Å². The van der Waals surface area contributed by atoms with Gasteiger partial charge < -0.3 is 11.1 Å². The zero-order valence-corrected chi connectivity index (χ0v) is 12.2. The summed E-state index contributed by atoms with van der Waals surface area (Å²) in [7, 11) is 0. The van der Waals surface area contributed by atoms with Crippen molar-refractivity contribution in [2.24, 2.45) is 11.7 Å². The molecule has 18 heavy (non-hydrogen) atoms. The molecule has 1 aromatic carbocycles. The van der Waals surface area contributed by atoms with Crippen molar-refractivity contribution in [2.75, 3.05) is 5.32 Å². The molecular weight excluding hydrogens is 292 g/mol. The van der Waals surface area contributed by atoms with Crippen LogP contribution in [0.2, 0.25) is 0 Å². The zero-order chi connectivity index (χ0) is 13.2. The molecule has 0 heterocycles. The summed E-state index contributed by atoms with van der Waals surface area (Å²) in [6.07, 6.45) is 3.87. The molecule has 2 rings (SSSR count). The fraction of sp³-hybridized carbons (Fsp3) is 0.500. The molecular formula is C14H19BrN2O. The van der Waals surface area contributed by atoms with Crippen molar-refractivity contribution in [3.8, 4) is 0 Å². The third-order valence-corrected chi connectivity index (χ3v) is 4.23. The number of nitrogens with two attached hydrogens (primary N) is 1. The van der Waals surface area contributed by atoms with Gasteiger partial charge in [-0.15, -0.1) is 0 Å². The van der Waals surface area contributed by atoms with Gasteiger partial charge in [0.1, 0.15) is 5.54 Å². The zero-order valence-electron chi connectivity index (χ0n) is 10.6. The van der Waals surface area contributed by atoms with Gasteiger partial charge >= 0.3 is 0 Å². The van der Waals surface area contributed by atoms with Crippen molar-refractivity contribution in [3.63, 3.8) is 0 Å². The van der Waals surface area contributed by atoms with E-state index in [0.717, 1.165) is 29.4 Å². The van der Waals surface area contributed by atoms with Crippen molar-refractivity contribution in [1.29, 1.82) is 0 Å². The maximum atomic E-state index is 11.8. The highest BCUT2D eigenvalue weighted by Gasteiger charge is 2.40. The number of nitrogens with one attached hydrogen (secondary N) is 1. The summed E-state index contributed by atoms with van der Waals surface area (Å²) in [5.41, 5.74) is 6.00. The lowest BCUT2D eigenvalue weighted by Crippen LogP contribution is -2.53. The first-order chi connectivity index (χ1) is 8.52. The van der Waals surface area contributed by atoms with Gasteiger partial charge in [-0.05, 0) is 43.0 Å². The largest absolute Gasteiger partial charge is 0.371 e. The Bertz CT molecular complexity index is 432. The second-order valence-electron chi connectivity index (χ2n) is 5.28. The molecule has 3 N–H and O–H groups in total. The molecule has 0 aliphatic heterocycles. The van der Waals surface area contributed by atoms with Gasteiger partial charge in [-0.2, -0.15) is 0 Å². The fourth-order valence-electron chi connectivity index (χ4n) is 2.76. The smallest absolute Gasteiger partial charge is 0.243 e. The molecule has 0 spiro atoms. The SMILES string of the molecule is CC1CCCC(Nc2ccc(Br)cc2)(C(N)=O)C1. The molecule has 1 aliphatic carbocycles. The van der Waals surface area contributed by atoms with E-state index in [1.54, 1.807) is 0 Å². The minimum absolute atomic E-state index is 0.239. The predicted octanol–water partition coefficient (Wildman–Crippen LogP) is 3.30. The van der Waals surface area contributed by atoms with Crippen LogP contribution < -0.4 is 11.1 Å². The number of carbonyl (C=O) groups excluding carboxylic acids is 1. The Balaban J connectivity index is 2.20. The second kappa shape index (κ2) is 5.31. The first-order valence-corrected chi connectivity index (χ1v) is 7.15. The Morgan fingerprint density at radius 3 is 2.67 bits per heavy atom. The number of hydrogen-bond donors (Lipinski definition) is 2. The standard InChI is InChI=1S/C14H19BrN2O/c1-10-3-2-8-14(9-10,13(16)18)17-12-6-4-11(15)5-7-12/h4-7,10,17H,2-3,8-9H2,1H3,(H2,16,18). The molecule has 3 nitrogen and oxygen atoms in total. The second-order valence-corrected chi connectivity index (χ2v) is 6.20. The number of hydrogen-bond acceptors (Lipinski definition) is 2. The summed E-state index contributed by atoms with van der Waals surface area (Å²) in [6.45, 7) is 2.18. The van der Waals surface area contributed by atoms with E-state index in [0.29, 0.717) is 5.92 Å². The van der Waals surface area contributed by atoms with Gasteiger partial charge in [0, 0.05) is 10.2 Å². The van der Waals surface area contributed by atoms with Gasteiger partial charge in [0.05, 0.1) is 0 Å². The highest BCUT2D eigenvalue weighted by molar-refractivity contribution is 9.10. The predicted molar refractivity (Wildman–Crippen MR) is 77.3 cm³/mol. The van der Waals surface area contributed by atoms with E-state index in [4.69, 9.17) is 5.73 Å². The third-order valence-electron chi connectivity index (χ3n) is 3.70. The quantitative estimate of drug-likeness (QED) is 0.900. The topological polar surface area (TPSA) is 55.1 Å². The summed E-state index contributed by atoms with van der Waals surface area (Å²) in [6, 6.07) is 7.86. The molecule has 1 saturated carbocycles. The van der Waals surface area contributed by atoms with Crippen LogP contribution in [0.1, 0.15) is 32.6 Å². The van der Waals surface area contributed by atoms with Gasteiger partial charge in [0.25, 0.3) is 0 Å². The van der Waals surface area contributed by atoms with E-state index in [1.165, 1.54) is 6.42 Å². The molecule has 1 aromatic rings. The average Bonchev–Trinajstić information content (AvgIpc) is 2.32. The Labute approximate surface area is 116 Å². The molecule has 0 radical (unpaired) electrons. The van der Waals surface area contributed by atoms with E-state index >= 15 is 0 Å². The lowest BCUT2D eigenvalue weighted by molar-refractivity contribution is -0.123. The van der Waals surface area contributed by atoms with Gasteiger partial charge in [0.15, 0.2) is 0 Å². The molecule has 2 atom stereocenters. The van der Waals surface area contributed by atoms with Crippen LogP contribution in [-0.2, 0) is 4.79 Å². The minimum Gasteiger partial charge on any atom is -0.371 e. The monoisotopic (exact) mass is 310 g/mol. The van der Waals surface area contributed by atoms with Crippen LogP contribution in [0, 0.1) is 5.92 Å². The van der Waals surface area contributed by atoms with Crippen LogP contribution in [0.4, 0.5) is 5.69 Å². The highest BCUT2D eigenvalue weighted by Crippen LogP contribution is 2.35. The summed E-state index contributed by atoms with van der Waals surface area (Å²) in [5.74, 6) is 0.297. The average molecular weight is 311 g/mol. The molecule has 1 amide bonds. The molecule has 0 bridgehead atoms. The van der Waals surface area contributed by atoms with Crippen LogP contribution in [0.25, 0.3) is 0 Å². The van der Waals surface area contributed by atoms with Crippen molar-refractivity contribution < 1.29 is 4.79 Å². The van der Waals surface area contributed by atoms with Crippen LogP contribution in [0.15, 0.2) is 28.7 Å². The van der Waals surface area contributed by atoms with Crippen LogP contribution >= 0.6 is 15.9 Å². The van der Waals surface area contributed by atoms with Crippen molar-refractivity contribution in [2.45, 2.75) is 38.1 Å². The Kier molecular flexibility index (Phi) is 3.95. The minimum atomic E-state index is -0.578. The first-order valence-electron chi connectivity index (χ1n) is 6.35. The number of carbonyl (C=O) groups is 1. The summed E-state index contributed by atoms with van der Waals surface area (Å²) in [4.78, 5) is 11.8. The first kappa shape index (κ1) is 13.4. The molecule has 2 unspecified atom stereocenters. The van der Waals surface area contributed by atoms with Crippen molar-refractivity contribution >= 4 is 27.5 Å². The summed E-state index contributed by atoms with van der Waals surface area (Å²) < 4.78 is 1.03. The Morgan fingerprint density at radius 2 is 2.11 bits per heavy atom. The van der Waals surface area contributed by atoms with E-state index < -0.39 is 5.54 Å². The van der Waals surface area contributed by atoms with E-state index in [-0.39, 0.29) is 5.91 Å². The third kappa shape index (κ3) is 2.86. The van der Waals surface area contributed by atoms with Crippen molar-refractivity contribution in [1.82, 2.24) is 0 Å².